The van der Waals surface area contributed by atoms with Gasteiger partial charge in [0.2, 0.25) is 0 Å². The number of rotatable bonds is 3. The molecule has 0 amide bonds. The SMILES string of the molecule is c1ccc2c(c1)=NC(c1ccc(Nc3ccc4ccccc4c3)cc1)N=2. The smallest absolute Gasteiger partial charge is 0.166 e. The van der Waals surface area contributed by atoms with E-state index in [-0.39, 0.29) is 6.17 Å². The van der Waals surface area contributed by atoms with Gasteiger partial charge in [-0.2, -0.15) is 0 Å². The van der Waals surface area contributed by atoms with E-state index in [1.807, 2.05) is 24.3 Å². The second-order valence-corrected chi connectivity index (χ2v) is 6.43. The summed E-state index contributed by atoms with van der Waals surface area (Å²) in [5.41, 5.74) is 3.24. The van der Waals surface area contributed by atoms with Crippen LogP contribution in [0.25, 0.3) is 10.8 Å². The minimum Gasteiger partial charge on any atom is -0.356 e. The highest BCUT2D eigenvalue weighted by molar-refractivity contribution is 5.86. The molecule has 124 valence electrons. The Morgan fingerprint density at radius 2 is 1.19 bits per heavy atom. The average Bonchev–Trinajstić information content (AvgIpc) is 3.13. The van der Waals surface area contributed by atoms with Crippen LogP contribution in [0, 0.1) is 0 Å². The maximum atomic E-state index is 4.68. The number of anilines is 2. The number of nitrogens with one attached hydrogen (secondary N) is 1. The number of para-hydroxylation sites is 2. The molecule has 1 heterocycles. The van der Waals surface area contributed by atoms with Gasteiger partial charge in [-0.25, -0.2) is 0 Å². The van der Waals surface area contributed by atoms with Crippen molar-refractivity contribution in [3.63, 3.8) is 0 Å². The van der Waals surface area contributed by atoms with Crippen molar-refractivity contribution in [1.29, 1.82) is 0 Å². The second-order valence-electron chi connectivity index (χ2n) is 6.43. The predicted molar refractivity (Wildman–Crippen MR) is 105 cm³/mol. The zero-order valence-electron chi connectivity index (χ0n) is 14.1. The molecule has 0 spiro atoms. The molecule has 4 aromatic rings. The van der Waals surface area contributed by atoms with Crippen LogP contribution < -0.4 is 16.0 Å². The molecule has 0 aliphatic carbocycles. The van der Waals surface area contributed by atoms with E-state index in [2.05, 4.69) is 82.0 Å². The summed E-state index contributed by atoms with van der Waals surface area (Å²) >= 11 is 0. The fourth-order valence-corrected chi connectivity index (χ4v) is 3.30. The van der Waals surface area contributed by atoms with Crippen molar-refractivity contribution in [2.24, 2.45) is 9.98 Å². The molecule has 3 heteroatoms. The summed E-state index contributed by atoms with van der Waals surface area (Å²) in [4.78, 5) is 9.37. The van der Waals surface area contributed by atoms with E-state index in [0.29, 0.717) is 0 Å². The molecule has 1 N–H and O–H groups in total. The van der Waals surface area contributed by atoms with E-state index in [0.717, 1.165) is 27.7 Å². The number of nitrogens with zero attached hydrogens (tertiary/aromatic N) is 2. The number of hydrogen-bond acceptors (Lipinski definition) is 3. The Balaban J connectivity index is 1.39. The second kappa shape index (κ2) is 6.12. The Morgan fingerprint density at radius 1 is 0.577 bits per heavy atom. The van der Waals surface area contributed by atoms with Gasteiger partial charge in [0, 0.05) is 11.4 Å². The third-order valence-corrected chi connectivity index (χ3v) is 4.65. The molecule has 0 saturated carbocycles. The molecule has 5 rings (SSSR count). The van der Waals surface area contributed by atoms with Gasteiger partial charge in [-0.1, -0.05) is 54.6 Å². The zero-order chi connectivity index (χ0) is 17.3. The van der Waals surface area contributed by atoms with Gasteiger partial charge in [-0.3, -0.25) is 9.98 Å². The predicted octanol–water partition coefficient (Wildman–Crippen LogP) is 4.54. The Morgan fingerprint density at radius 3 is 1.92 bits per heavy atom. The minimum absolute atomic E-state index is 0.137. The maximum Gasteiger partial charge on any atom is 0.166 e. The van der Waals surface area contributed by atoms with E-state index in [1.165, 1.54) is 10.8 Å². The lowest BCUT2D eigenvalue weighted by Gasteiger charge is -2.10. The summed E-state index contributed by atoms with van der Waals surface area (Å²) in [5.74, 6) is 0. The molecule has 0 saturated heterocycles. The summed E-state index contributed by atoms with van der Waals surface area (Å²) in [5, 5.41) is 7.89. The van der Waals surface area contributed by atoms with E-state index in [1.54, 1.807) is 0 Å². The average molecular weight is 335 g/mol. The molecule has 0 aromatic heterocycles. The van der Waals surface area contributed by atoms with Crippen LogP contribution in [0.2, 0.25) is 0 Å². The monoisotopic (exact) mass is 335 g/mol. The molecule has 26 heavy (non-hydrogen) atoms. The van der Waals surface area contributed by atoms with Gasteiger partial charge < -0.3 is 5.32 Å². The lowest BCUT2D eigenvalue weighted by Crippen LogP contribution is -2.19. The number of hydrogen-bond donors (Lipinski definition) is 1. The number of fused-ring (bicyclic) bond motifs is 2. The Bertz CT molecular complexity index is 1180. The Hall–Kier alpha value is -3.46. The first-order valence-electron chi connectivity index (χ1n) is 8.72. The highest BCUT2D eigenvalue weighted by Crippen LogP contribution is 2.25. The van der Waals surface area contributed by atoms with Crippen LogP contribution in [-0.2, 0) is 0 Å². The molecular weight excluding hydrogens is 318 g/mol. The van der Waals surface area contributed by atoms with E-state index >= 15 is 0 Å². The van der Waals surface area contributed by atoms with Crippen LogP contribution >= 0.6 is 0 Å². The summed E-state index contributed by atoms with van der Waals surface area (Å²) < 4.78 is 0. The van der Waals surface area contributed by atoms with Crippen LogP contribution in [-0.4, -0.2) is 0 Å². The maximum absolute atomic E-state index is 4.68. The summed E-state index contributed by atoms with van der Waals surface area (Å²) in [6, 6.07) is 31.1. The van der Waals surface area contributed by atoms with Gasteiger partial charge in [0.1, 0.15) is 0 Å². The van der Waals surface area contributed by atoms with Gasteiger partial charge in [0.15, 0.2) is 6.17 Å². The van der Waals surface area contributed by atoms with Gasteiger partial charge in [-0.15, -0.1) is 0 Å². The quantitative estimate of drug-likeness (QED) is 0.586. The topological polar surface area (TPSA) is 36.8 Å². The van der Waals surface area contributed by atoms with Crippen LogP contribution in [0.5, 0.6) is 0 Å². The van der Waals surface area contributed by atoms with E-state index in [9.17, 15) is 0 Å². The highest BCUT2D eigenvalue weighted by Gasteiger charge is 2.12. The van der Waals surface area contributed by atoms with Crippen LogP contribution in [0.1, 0.15) is 11.7 Å². The van der Waals surface area contributed by atoms with Gasteiger partial charge in [0.05, 0.1) is 10.7 Å². The van der Waals surface area contributed by atoms with Crippen molar-refractivity contribution in [3.05, 3.63) is 107 Å². The molecule has 0 bridgehead atoms. The third-order valence-electron chi connectivity index (χ3n) is 4.65. The summed E-state index contributed by atoms with van der Waals surface area (Å²) in [6.07, 6.45) is -0.137. The first-order chi connectivity index (χ1) is 12.8. The molecule has 0 atom stereocenters. The molecular formula is C23H17N3. The first kappa shape index (κ1) is 14.8. The fourth-order valence-electron chi connectivity index (χ4n) is 3.30. The minimum atomic E-state index is -0.137. The van der Waals surface area contributed by atoms with Crippen LogP contribution in [0.15, 0.2) is 101 Å². The lowest BCUT2D eigenvalue weighted by atomic mass is 10.1. The highest BCUT2D eigenvalue weighted by atomic mass is 15.0. The molecule has 3 nitrogen and oxygen atoms in total. The normalized spacial score (nSPS) is 13.1. The third kappa shape index (κ3) is 2.74. The Kier molecular flexibility index (Phi) is 3.49. The van der Waals surface area contributed by atoms with Gasteiger partial charge in [-0.05, 0) is 52.7 Å². The fraction of sp³-hybridized carbons (Fsp3) is 0.0435. The van der Waals surface area contributed by atoms with Crippen molar-refractivity contribution in [2.75, 3.05) is 5.32 Å². The lowest BCUT2D eigenvalue weighted by molar-refractivity contribution is 0.771. The van der Waals surface area contributed by atoms with E-state index < -0.39 is 0 Å². The molecule has 4 aromatic carbocycles. The molecule has 0 fully saturated rings. The van der Waals surface area contributed by atoms with Crippen LogP contribution in [0.4, 0.5) is 11.4 Å². The number of benzene rings is 4. The zero-order valence-corrected chi connectivity index (χ0v) is 14.1. The van der Waals surface area contributed by atoms with Crippen molar-refractivity contribution < 1.29 is 0 Å². The van der Waals surface area contributed by atoms with Crippen LogP contribution in [0.3, 0.4) is 0 Å². The van der Waals surface area contributed by atoms with Gasteiger partial charge in [0.25, 0.3) is 0 Å². The molecule has 1 aliphatic rings. The molecule has 0 radical (unpaired) electrons. The van der Waals surface area contributed by atoms with Crippen molar-refractivity contribution in [3.8, 4) is 0 Å². The summed E-state index contributed by atoms with van der Waals surface area (Å²) in [7, 11) is 0. The first-order valence-corrected chi connectivity index (χ1v) is 8.72. The van der Waals surface area contributed by atoms with Crippen molar-refractivity contribution in [2.45, 2.75) is 6.17 Å². The molecule has 0 unspecified atom stereocenters. The van der Waals surface area contributed by atoms with Crippen molar-refractivity contribution >= 4 is 22.1 Å². The van der Waals surface area contributed by atoms with Gasteiger partial charge >= 0.3 is 0 Å². The molecule has 1 aliphatic heterocycles. The van der Waals surface area contributed by atoms with E-state index in [4.69, 9.17) is 0 Å². The largest absolute Gasteiger partial charge is 0.356 e. The Labute approximate surface area is 151 Å². The van der Waals surface area contributed by atoms with Crippen molar-refractivity contribution in [1.82, 2.24) is 0 Å². The summed E-state index contributed by atoms with van der Waals surface area (Å²) in [6.45, 7) is 0. The standard InChI is InChI=1S/C23H17N3/c1-2-6-18-15-20(14-9-16(18)5-1)24-19-12-10-17(11-13-19)23-25-21-7-3-4-8-22(21)26-23/h1-15,23-24H.